The van der Waals surface area contributed by atoms with Gasteiger partial charge in [0.15, 0.2) is 5.70 Å². The van der Waals surface area contributed by atoms with Crippen LogP contribution in [0.15, 0.2) is 57.6 Å². The zero-order valence-electron chi connectivity index (χ0n) is 12.0. The molecule has 0 bridgehead atoms. The van der Waals surface area contributed by atoms with E-state index in [1.54, 1.807) is 12.1 Å². The van der Waals surface area contributed by atoms with E-state index in [4.69, 9.17) is 4.74 Å². The molecule has 0 radical (unpaired) electrons. The van der Waals surface area contributed by atoms with E-state index in [0.717, 1.165) is 4.47 Å². The standard InChI is InChI=1S/C16H9BrN2O5/c17-11-3-6-14(20)10(7-11)8-13-16(21)24-15(18-13)9-1-4-12(5-2-9)19(22)23/h1-8,20H. The number of phenols is 1. The molecule has 2 aromatic carbocycles. The van der Waals surface area contributed by atoms with Gasteiger partial charge in [-0.2, -0.15) is 0 Å². The van der Waals surface area contributed by atoms with Crippen LogP contribution in [0.3, 0.4) is 0 Å². The molecule has 1 aliphatic heterocycles. The van der Waals surface area contributed by atoms with Gasteiger partial charge in [0.25, 0.3) is 5.69 Å². The summed E-state index contributed by atoms with van der Waals surface area (Å²) < 4.78 is 5.82. The number of carbonyl (C=O) groups excluding carboxylic acids is 1. The van der Waals surface area contributed by atoms with E-state index in [0.29, 0.717) is 11.1 Å². The number of nitro benzene ring substituents is 1. The average Bonchev–Trinajstić information content (AvgIpc) is 2.92. The van der Waals surface area contributed by atoms with Gasteiger partial charge in [-0.1, -0.05) is 15.9 Å². The summed E-state index contributed by atoms with van der Waals surface area (Å²) in [7, 11) is 0. The number of non-ortho nitro benzene ring substituents is 1. The van der Waals surface area contributed by atoms with E-state index in [1.807, 2.05) is 0 Å². The first kappa shape index (κ1) is 15.9. The molecule has 0 aromatic heterocycles. The second kappa shape index (κ2) is 6.25. The Morgan fingerprint density at radius 3 is 2.58 bits per heavy atom. The highest BCUT2D eigenvalue weighted by atomic mass is 79.9. The van der Waals surface area contributed by atoms with Crippen LogP contribution in [0.1, 0.15) is 11.1 Å². The summed E-state index contributed by atoms with van der Waals surface area (Å²) in [6.45, 7) is 0. The molecular weight excluding hydrogens is 380 g/mol. The maximum atomic E-state index is 11.9. The van der Waals surface area contributed by atoms with Gasteiger partial charge in [-0.15, -0.1) is 0 Å². The zero-order valence-corrected chi connectivity index (χ0v) is 13.6. The zero-order chi connectivity index (χ0) is 17.3. The number of nitrogens with zero attached hydrogens (tertiary/aromatic N) is 2. The molecule has 2 aromatic rings. The molecule has 7 nitrogen and oxygen atoms in total. The summed E-state index contributed by atoms with van der Waals surface area (Å²) in [6, 6.07) is 10.3. The van der Waals surface area contributed by atoms with Crippen molar-refractivity contribution in [2.24, 2.45) is 4.99 Å². The van der Waals surface area contributed by atoms with Crippen molar-refractivity contribution < 1.29 is 19.6 Å². The average molecular weight is 389 g/mol. The van der Waals surface area contributed by atoms with E-state index in [2.05, 4.69) is 20.9 Å². The molecule has 1 heterocycles. The number of carbonyl (C=O) groups is 1. The molecular formula is C16H9BrN2O5. The van der Waals surface area contributed by atoms with E-state index < -0.39 is 10.9 Å². The number of aliphatic imine (C=N–C) groups is 1. The van der Waals surface area contributed by atoms with Gasteiger partial charge < -0.3 is 9.84 Å². The van der Waals surface area contributed by atoms with Gasteiger partial charge in [-0.05, 0) is 36.4 Å². The van der Waals surface area contributed by atoms with Crippen LogP contribution in [-0.2, 0) is 9.53 Å². The van der Waals surface area contributed by atoms with Crippen LogP contribution in [0.2, 0.25) is 0 Å². The third kappa shape index (κ3) is 3.18. The maximum Gasteiger partial charge on any atom is 0.363 e. The molecule has 0 unspecified atom stereocenters. The Bertz CT molecular complexity index is 903. The summed E-state index contributed by atoms with van der Waals surface area (Å²) in [5, 5.41) is 20.5. The molecule has 0 amide bonds. The third-order valence-electron chi connectivity index (χ3n) is 3.23. The molecule has 0 aliphatic carbocycles. The molecule has 24 heavy (non-hydrogen) atoms. The molecule has 0 spiro atoms. The third-order valence-corrected chi connectivity index (χ3v) is 3.72. The number of rotatable bonds is 3. The topological polar surface area (TPSA) is 102 Å². The molecule has 120 valence electrons. The lowest BCUT2D eigenvalue weighted by Gasteiger charge is -1.99. The Morgan fingerprint density at radius 2 is 1.92 bits per heavy atom. The Balaban J connectivity index is 1.94. The fourth-order valence-corrected chi connectivity index (χ4v) is 2.43. The smallest absolute Gasteiger partial charge is 0.363 e. The Labute approximate surface area is 144 Å². The van der Waals surface area contributed by atoms with Gasteiger partial charge in [0.05, 0.1) is 4.92 Å². The predicted octanol–water partition coefficient (Wildman–Crippen LogP) is 3.41. The first-order chi connectivity index (χ1) is 11.4. The fraction of sp³-hybridized carbons (Fsp3) is 0. The van der Waals surface area contributed by atoms with Crippen LogP contribution in [0, 0.1) is 10.1 Å². The predicted molar refractivity (Wildman–Crippen MR) is 89.5 cm³/mol. The van der Waals surface area contributed by atoms with Gasteiger partial charge in [0.2, 0.25) is 5.90 Å². The van der Waals surface area contributed by atoms with Crippen molar-refractivity contribution in [3.05, 3.63) is 73.9 Å². The molecule has 8 heteroatoms. The van der Waals surface area contributed by atoms with E-state index in [1.165, 1.54) is 36.4 Å². The molecule has 0 saturated carbocycles. The van der Waals surface area contributed by atoms with Gasteiger partial charge >= 0.3 is 5.97 Å². The van der Waals surface area contributed by atoms with Gasteiger partial charge in [0.1, 0.15) is 5.75 Å². The van der Waals surface area contributed by atoms with Crippen molar-refractivity contribution in [2.45, 2.75) is 0 Å². The summed E-state index contributed by atoms with van der Waals surface area (Å²) >= 11 is 3.28. The minimum Gasteiger partial charge on any atom is -0.507 e. The van der Waals surface area contributed by atoms with E-state index in [9.17, 15) is 20.0 Å². The van der Waals surface area contributed by atoms with E-state index in [-0.39, 0.29) is 23.0 Å². The molecule has 3 rings (SSSR count). The lowest BCUT2D eigenvalue weighted by atomic mass is 10.1. The highest BCUT2D eigenvalue weighted by molar-refractivity contribution is 9.10. The number of aromatic hydroxyl groups is 1. The monoisotopic (exact) mass is 388 g/mol. The summed E-state index contributed by atoms with van der Waals surface area (Å²) in [5.41, 5.74) is 0.802. The van der Waals surface area contributed by atoms with Crippen LogP contribution < -0.4 is 0 Å². The largest absolute Gasteiger partial charge is 0.507 e. The van der Waals surface area contributed by atoms with Crippen molar-refractivity contribution in [2.75, 3.05) is 0 Å². The number of ether oxygens (including phenoxy) is 1. The Kier molecular flexibility index (Phi) is 4.13. The number of phenolic OH excluding ortho intramolecular Hbond substituents is 1. The highest BCUT2D eigenvalue weighted by Crippen LogP contribution is 2.27. The summed E-state index contributed by atoms with van der Waals surface area (Å²) in [5.74, 6) is -0.615. The quantitative estimate of drug-likeness (QED) is 0.375. The lowest BCUT2D eigenvalue weighted by molar-refractivity contribution is -0.384. The SMILES string of the molecule is O=C1OC(c2ccc([N+](=O)[O-])cc2)=NC1=Cc1cc(Br)ccc1O. The molecule has 0 atom stereocenters. The van der Waals surface area contributed by atoms with Crippen molar-refractivity contribution in [1.82, 2.24) is 0 Å². The van der Waals surface area contributed by atoms with Crippen molar-refractivity contribution in [3.63, 3.8) is 0 Å². The Morgan fingerprint density at radius 1 is 1.21 bits per heavy atom. The number of halogens is 1. The van der Waals surface area contributed by atoms with E-state index >= 15 is 0 Å². The van der Waals surface area contributed by atoms with Crippen LogP contribution in [-0.4, -0.2) is 21.9 Å². The second-order valence-electron chi connectivity index (χ2n) is 4.84. The first-order valence-electron chi connectivity index (χ1n) is 6.70. The number of hydrogen-bond donors (Lipinski definition) is 1. The number of nitro groups is 1. The molecule has 1 N–H and O–H groups in total. The minimum atomic E-state index is -0.664. The van der Waals surface area contributed by atoms with Gasteiger partial charge in [-0.25, -0.2) is 9.79 Å². The minimum absolute atomic E-state index is 0.00233. The lowest BCUT2D eigenvalue weighted by Crippen LogP contribution is -2.05. The van der Waals surface area contributed by atoms with Crippen LogP contribution in [0.5, 0.6) is 5.75 Å². The number of cyclic esters (lactones) is 1. The van der Waals surface area contributed by atoms with Crippen molar-refractivity contribution in [1.29, 1.82) is 0 Å². The fourth-order valence-electron chi connectivity index (χ4n) is 2.05. The normalized spacial score (nSPS) is 15.3. The summed E-state index contributed by atoms with van der Waals surface area (Å²) in [4.78, 5) is 26.2. The van der Waals surface area contributed by atoms with Crippen LogP contribution in [0.25, 0.3) is 6.08 Å². The van der Waals surface area contributed by atoms with Crippen LogP contribution >= 0.6 is 15.9 Å². The molecule has 0 fully saturated rings. The van der Waals surface area contributed by atoms with Crippen molar-refractivity contribution in [3.8, 4) is 5.75 Å². The second-order valence-corrected chi connectivity index (χ2v) is 5.76. The maximum absolute atomic E-state index is 11.9. The molecule has 0 saturated heterocycles. The number of benzene rings is 2. The molecule has 1 aliphatic rings. The van der Waals surface area contributed by atoms with Crippen molar-refractivity contribution >= 4 is 39.6 Å². The van der Waals surface area contributed by atoms with Crippen LogP contribution in [0.4, 0.5) is 5.69 Å². The first-order valence-corrected chi connectivity index (χ1v) is 7.49. The number of esters is 1. The van der Waals surface area contributed by atoms with Gasteiger partial charge in [-0.3, -0.25) is 10.1 Å². The highest BCUT2D eigenvalue weighted by Gasteiger charge is 2.24. The van der Waals surface area contributed by atoms with Gasteiger partial charge in [0, 0.05) is 27.7 Å². The number of hydrogen-bond acceptors (Lipinski definition) is 6. The summed E-state index contributed by atoms with van der Waals surface area (Å²) in [6.07, 6.45) is 1.40. The Hall–Kier alpha value is -3.00.